The maximum absolute atomic E-state index is 13.5. The standard InChI is InChI=1S/C28H27BrClFN2O5/c1-28(2,18-5-9-23-25(12-18)37-11-10-36-23)16-32-26(34)27(35)33(3)15-17-4-6-19(29)13-24(17)38-20-7-8-22(31)21(30)14-20/h4-9,12-14H,10-11,15-16H2,1-3H3,(H,32,34). The number of likely N-dealkylation sites (N-methyl/N-ethyl adjacent to an activating group) is 1. The molecule has 4 rings (SSSR count). The SMILES string of the molecule is CN(Cc1ccc(Br)cc1Oc1ccc(F)c(Cl)c1)C(=O)C(=O)NCC(C)(C)c1ccc2c(c1)OCCO2. The normalized spacial score (nSPS) is 12.6. The predicted octanol–water partition coefficient (Wildman–Crippen LogP) is 5.86. The van der Waals surface area contributed by atoms with Gasteiger partial charge >= 0.3 is 11.8 Å². The summed E-state index contributed by atoms with van der Waals surface area (Å²) in [7, 11) is 1.54. The Morgan fingerprint density at radius 2 is 1.82 bits per heavy atom. The van der Waals surface area contributed by atoms with Crippen molar-refractivity contribution in [3.8, 4) is 23.0 Å². The van der Waals surface area contributed by atoms with Crippen molar-refractivity contribution in [3.05, 3.63) is 81.0 Å². The number of fused-ring (bicyclic) bond motifs is 1. The van der Waals surface area contributed by atoms with Crippen molar-refractivity contribution in [2.45, 2.75) is 25.8 Å². The zero-order valence-electron chi connectivity index (χ0n) is 21.1. The lowest BCUT2D eigenvalue weighted by Crippen LogP contribution is -2.45. The zero-order chi connectivity index (χ0) is 27.4. The zero-order valence-corrected chi connectivity index (χ0v) is 23.5. The molecule has 38 heavy (non-hydrogen) atoms. The second-order valence-corrected chi connectivity index (χ2v) is 10.8. The van der Waals surface area contributed by atoms with Gasteiger partial charge in [-0.1, -0.05) is 53.5 Å². The number of amides is 2. The molecular formula is C28H27BrClFN2O5. The van der Waals surface area contributed by atoms with Gasteiger partial charge in [-0.25, -0.2) is 4.39 Å². The highest BCUT2D eigenvalue weighted by atomic mass is 79.9. The van der Waals surface area contributed by atoms with Gasteiger partial charge in [0.2, 0.25) is 0 Å². The number of carbonyl (C=O) groups excluding carboxylic acids is 2. The monoisotopic (exact) mass is 604 g/mol. The van der Waals surface area contributed by atoms with Crippen LogP contribution in [0.15, 0.2) is 59.1 Å². The van der Waals surface area contributed by atoms with E-state index in [0.717, 1.165) is 10.0 Å². The molecule has 0 saturated heterocycles. The molecule has 0 unspecified atom stereocenters. The Labute approximate surface area is 233 Å². The van der Waals surface area contributed by atoms with Gasteiger partial charge in [-0.15, -0.1) is 0 Å². The van der Waals surface area contributed by atoms with Gasteiger partial charge in [0.25, 0.3) is 0 Å². The minimum absolute atomic E-state index is 0.0674. The summed E-state index contributed by atoms with van der Waals surface area (Å²) in [6.45, 7) is 5.28. The lowest BCUT2D eigenvalue weighted by atomic mass is 9.84. The fourth-order valence-electron chi connectivity index (χ4n) is 3.87. The van der Waals surface area contributed by atoms with E-state index in [0.29, 0.717) is 41.8 Å². The minimum atomic E-state index is -0.719. The third-order valence-electron chi connectivity index (χ3n) is 6.11. The number of benzene rings is 3. The molecule has 3 aromatic rings. The van der Waals surface area contributed by atoms with Gasteiger partial charge in [-0.2, -0.15) is 0 Å². The summed E-state index contributed by atoms with van der Waals surface area (Å²) in [5.74, 6) is 0.159. The van der Waals surface area contributed by atoms with Crippen LogP contribution in [0, 0.1) is 5.82 Å². The van der Waals surface area contributed by atoms with E-state index in [1.807, 2.05) is 32.0 Å². The fraction of sp³-hybridized carbons (Fsp3) is 0.286. The third kappa shape index (κ3) is 6.57. The quantitative estimate of drug-likeness (QED) is 0.342. The van der Waals surface area contributed by atoms with Gasteiger partial charge in [-0.3, -0.25) is 9.59 Å². The number of nitrogens with zero attached hydrogens (tertiary/aromatic N) is 1. The first-order chi connectivity index (χ1) is 18.0. The molecule has 0 radical (unpaired) electrons. The van der Waals surface area contributed by atoms with E-state index >= 15 is 0 Å². The van der Waals surface area contributed by atoms with E-state index in [2.05, 4.69) is 21.2 Å². The van der Waals surface area contributed by atoms with Crippen LogP contribution in [-0.4, -0.2) is 43.5 Å². The first-order valence-electron chi connectivity index (χ1n) is 11.9. The summed E-state index contributed by atoms with van der Waals surface area (Å²) in [4.78, 5) is 26.9. The van der Waals surface area contributed by atoms with E-state index in [9.17, 15) is 14.0 Å². The van der Waals surface area contributed by atoms with Crippen molar-refractivity contribution in [1.82, 2.24) is 10.2 Å². The van der Waals surface area contributed by atoms with Gasteiger partial charge < -0.3 is 24.4 Å². The van der Waals surface area contributed by atoms with Crippen molar-refractivity contribution >= 4 is 39.3 Å². The Balaban J connectivity index is 1.40. The number of hydrogen-bond acceptors (Lipinski definition) is 5. The maximum atomic E-state index is 13.5. The van der Waals surface area contributed by atoms with Gasteiger partial charge in [0.05, 0.1) is 5.02 Å². The second kappa shape index (κ2) is 11.6. The highest BCUT2D eigenvalue weighted by molar-refractivity contribution is 9.10. The van der Waals surface area contributed by atoms with Crippen LogP contribution in [0.4, 0.5) is 4.39 Å². The Kier molecular flexibility index (Phi) is 8.47. The van der Waals surface area contributed by atoms with Gasteiger partial charge in [0.1, 0.15) is 30.5 Å². The lowest BCUT2D eigenvalue weighted by Gasteiger charge is -2.28. The van der Waals surface area contributed by atoms with Crippen LogP contribution in [0.5, 0.6) is 23.0 Å². The molecule has 200 valence electrons. The number of ether oxygens (including phenoxy) is 3. The Morgan fingerprint density at radius 3 is 2.55 bits per heavy atom. The smallest absolute Gasteiger partial charge is 0.311 e. The van der Waals surface area contributed by atoms with Crippen molar-refractivity contribution in [2.75, 3.05) is 26.8 Å². The molecule has 1 aliphatic heterocycles. The topological polar surface area (TPSA) is 77.1 Å². The highest BCUT2D eigenvalue weighted by Gasteiger charge is 2.27. The largest absolute Gasteiger partial charge is 0.486 e. The first kappa shape index (κ1) is 27.7. The van der Waals surface area contributed by atoms with Crippen LogP contribution in [0.25, 0.3) is 0 Å². The predicted molar refractivity (Wildman–Crippen MR) is 146 cm³/mol. The van der Waals surface area contributed by atoms with Crippen LogP contribution in [0.2, 0.25) is 5.02 Å². The Hall–Kier alpha value is -3.30. The lowest BCUT2D eigenvalue weighted by molar-refractivity contribution is -0.145. The number of hydrogen-bond donors (Lipinski definition) is 1. The Bertz CT molecular complexity index is 1370. The van der Waals surface area contributed by atoms with Crippen molar-refractivity contribution in [2.24, 2.45) is 0 Å². The highest BCUT2D eigenvalue weighted by Crippen LogP contribution is 2.35. The molecule has 2 amide bonds. The molecule has 7 nitrogen and oxygen atoms in total. The molecule has 10 heteroatoms. The number of halogens is 3. The summed E-state index contributed by atoms with van der Waals surface area (Å²) >= 11 is 9.28. The molecule has 0 aliphatic carbocycles. The maximum Gasteiger partial charge on any atom is 0.311 e. The number of nitrogens with one attached hydrogen (secondary N) is 1. The van der Waals surface area contributed by atoms with E-state index in [1.54, 1.807) is 18.2 Å². The van der Waals surface area contributed by atoms with Crippen LogP contribution >= 0.6 is 27.5 Å². The second-order valence-electron chi connectivity index (χ2n) is 9.52. The molecule has 0 atom stereocenters. The van der Waals surface area contributed by atoms with Crippen molar-refractivity contribution in [3.63, 3.8) is 0 Å². The van der Waals surface area contributed by atoms with Crippen LogP contribution < -0.4 is 19.5 Å². The average Bonchev–Trinajstić information content (AvgIpc) is 2.90. The van der Waals surface area contributed by atoms with Gasteiger partial charge in [0, 0.05) is 41.7 Å². The number of carbonyl (C=O) groups is 2. The Morgan fingerprint density at radius 1 is 1.08 bits per heavy atom. The fourth-order valence-corrected chi connectivity index (χ4v) is 4.38. The summed E-state index contributed by atoms with van der Waals surface area (Å²) in [5, 5.41) is 2.68. The summed E-state index contributed by atoms with van der Waals surface area (Å²) in [5.41, 5.74) is 1.13. The third-order valence-corrected chi connectivity index (χ3v) is 6.89. The van der Waals surface area contributed by atoms with E-state index in [4.69, 9.17) is 25.8 Å². The molecule has 0 saturated carbocycles. The summed E-state index contributed by atoms with van der Waals surface area (Å²) < 4.78 is 31.4. The van der Waals surface area contributed by atoms with E-state index in [1.165, 1.54) is 30.1 Å². The molecule has 0 aromatic heterocycles. The van der Waals surface area contributed by atoms with E-state index in [-0.39, 0.29) is 18.1 Å². The van der Waals surface area contributed by atoms with Crippen LogP contribution in [0.3, 0.4) is 0 Å². The first-order valence-corrected chi connectivity index (χ1v) is 13.1. The molecule has 0 bridgehead atoms. The molecular weight excluding hydrogens is 579 g/mol. The minimum Gasteiger partial charge on any atom is -0.486 e. The average molecular weight is 606 g/mol. The van der Waals surface area contributed by atoms with Crippen molar-refractivity contribution in [1.29, 1.82) is 0 Å². The van der Waals surface area contributed by atoms with Crippen molar-refractivity contribution < 1.29 is 28.2 Å². The molecule has 0 fully saturated rings. The summed E-state index contributed by atoms with van der Waals surface area (Å²) in [6, 6.07) is 15.0. The van der Waals surface area contributed by atoms with Gasteiger partial charge in [-0.05, 0) is 42.0 Å². The van der Waals surface area contributed by atoms with Crippen LogP contribution in [0.1, 0.15) is 25.0 Å². The van der Waals surface area contributed by atoms with Crippen LogP contribution in [-0.2, 0) is 21.5 Å². The molecule has 1 N–H and O–H groups in total. The molecule has 0 spiro atoms. The molecule has 1 aliphatic rings. The molecule has 3 aromatic carbocycles. The summed E-state index contributed by atoms with van der Waals surface area (Å²) in [6.07, 6.45) is 0. The van der Waals surface area contributed by atoms with Gasteiger partial charge in [0.15, 0.2) is 11.5 Å². The number of rotatable bonds is 7. The molecule has 1 heterocycles. The van der Waals surface area contributed by atoms with E-state index < -0.39 is 23.0 Å².